The molecule has 0 spiro atoms. The molecule has 0 aromatic carbocycles. The van der Waals surface area contributed by atoms with Crippen molar-refractivity contribution in [2.75, 3.05) is 13.1 Å². The van der Waals surface area contributed by atoms with Crippen LogP contribution in [0.25, 0.3) is 0 Å². The maximum Gasteiger partial charge on any atom is 0.331 e. The number of hydrogen-bond acceptors (Lipinski definition) is 5. The third kappa shape index (κ3) is 3.91. The van der Waals surface area contributed by atoms with Crippen molar-refractivity contribution < 1.29 is 4.79 Å². The predicted molar refractivity (Wildman–Crippen MR) is 96.9 cm³/mol. The van der Waals surface area contributed by atoms with Gasteiger partial charge in [0, 0.05) is 51.7 Å². The lowest BCUT2D eigenvalue weighted by atomic mass is 10.0. The molecule has 0 radical (unpaired) electrons. The Morgan fingerprint density at radius 3 is 2.85 bits per heavy atom. The lowest BCUT2D eigenvalue weighted by molar-refractivity contribution is 0.0890. The molecule has 2 aromatic rings. The van der Waals surface area contributed by atoms with Crippen molar-refractivity contribution in [3.63, 3.8) is 0 Å². The van der Waals surface area contributed by atoms with Gasteiger partial charge in [0.15, 0.2) is 0 Å². The van der Waals surface area contributed by atoms with E-state index in [1.165, 1.54) is 24.7 Å². The number of pyridine rings is 1. The molecule has 0 saturated carbocycles. The van der Waals surface area contributed by atoms with E-state index in [1.54, 1.807) is 6.20 Å². The number of carbonyl (C=O) groups is 1. The van der Waals surface area contributed by atoms with Gasteiger partial charge < -0.3 is 5.32 Å². The average Bonchev–Trinajstić information content (AvgIpc) is 2.64. The zero-order chi connectivity index (χ0) is 18.7. The van der Waals surface area contributed by atoms with Gasteiger partial charge in [-0.3, -0.25) is 28.6 Å². The van der Waals surface area contributed by atoms with Gasteiger partial charge in [0.1, 0.15) is 5.69 Å². The van der Waals surface area contributed by atoms with E-state index in [4.69, 9.17) is 0 Å². The zero-order valence-corrected chi connectivity index (χ0v) is 15.0. The molecule has 1 atom stereocenters. The highest BCUT2D eigenvalue weighted by Gasteiger charge is 2.23. The number of likely N-dealkylation sites (tertiary alicyclic amines) is 1. The summed E-state index contributed by atoms with van der Waals surface area (Å²) in [6.07, 6.45) is 5.43. The summed E-state index contributed by atoms with van der Waals surface area (Å²) in [4.78, 5) is 42.8. The molecule has 1 amide bonds. The SMILES string of the molecule is Cn1c(C(=O)NC2CCCN(Cc3cccnc3)C2)cc(=O)n(C)c1=O. The van der Waals surface area contributed by atoms with Crippen molar-refractivity contribution >= 4 is 5.91 Å². The lowest BCUT2D eigenvalue weighted by Gasteiger charge is -2.33. The first kappa shape index (κ1) is 18.1. The van der Waals surface area contributed by atoms with Gasteiger partial charge >= 0.3 is 5.69 Å². The molecule has 2 aromatic heterocycles. The van der Waals surface area contributed by atoms with E-state index in [1.807, 2.05) is 18.3 Å². The van der Waals surface area contributed by atoms with Crippen molar-refractivity contribution in [1.82, 2.24) is 24.3 Å². The summed E-state index contributed by atoms with van der Waals surface area (Å²) in [7, 11) is 2.88. The Morgan fingerprint density at radius 2 is 2.12 bits per heavy atom. The fourth-order valence-electron chi connectivity index (χ4n) is 3.28. The predicted octanol–water partition coefficient (Wildman–Crippen LogP) is -0.127. The van der Waals surface area contributed by atoms with Crippen LogP contribution in [0.4, 0.5) is 0 Å². The monoisotopic (exact) mass is 357 g/mol. The van der Waals surface area contributed by atoms with E-state index in [0.717, 1.165) is 42.6 Å². The van der Waals surface area contributed by atoms with E-state index in [2.05, 4.69) is 15.2 Å². The third-order valence-corrected chi connectivity index (χ3v) is 4.73. The molecule has 0 bridgehead atoms. The highest BCUT2D eigenvalue weighted by atomic mass is 16.2. The van der Waals surface area contributed by atoms with Gasteiger partial charge in [-0.05, 0) is 31.0 Å². The number of rotatable bonds is 4. The molecule has 1 unspecified atom stereocenters. The zero-order valence-electron chi connectivity index (χ0n) is 15.0. The highest BCUT2D eigenvalue weighted by molar-refractivity contribution is 5.92. The van der Waals surface area contributed by atoms with Crippen molar-refractivity contribution in [2.45, 2.75) is 25.4 Å². The summed E-state index contributed by atoms with van der Waals surface area (Å²) >= 11 is 0. The number of piperidine rings is 1. The second kappa shape index (κ2) is 7.65. The minimum atomic E-state index is -0.510. The summed E-state index contributed by atoms with van der Waals surface area (Å²) in [6.45, 7) is 2.47. The fourth-order valence-corrected chi connectivity index (χ4v) is 3.28. The Kier molecular flexibility index (Phi) is 5.32. The van der Waals surface area contributed by atoms with E-state index >= 15 is 0 Å². The highest BCUT2D eigenvalue weighted by Crippen LogP contribution is 2.13. The number of nitrogens with zero attached hydrogens (tertiary/aromatic N) is 4. The minimum Gasteiger partial charge on any atom is -0.347 e. The van der Waals surface area contributed by atoms with Crippen LogP contribution in [0.5, 0.6) is 0 Å². The standard InChI is InChI=1S/C18H23N5O3/c1-21-15(9-16(24)22(2)18(21)26)17(25)20-14-6-4-8-23(12-14)11-13-5-3-7-19-10-13/h3,5,7,9-10,14H,4,6,8,11-12H2,1-2H3,(H,20,25). The van der Waals surface area contributed by atoms with Crippen molar-refractivity contribution in [3.05, 3.63) is 62.7 Å². The summed E-state index contributed by atoms with van der Waals surface area (Å²) in [5.41, 5.74) is 0.223. The summed E-state index contributed by atoms with van der Waals surface area (Å²) in [6, 6.07) is 5.12. The molecule has 3 rings (SSSR count). The number of carbonyl (C=O) groups excluding carboxylic acids is 1. The van der Waals surface area contributed by atoms with Crippen LogP contribution in [0.15, 0.2) is 40.2 Å². The van der Waals surface area contributed by atoms with Gasteiger partial charge in [-0.15, -0.1) is 0 Å². The second-order valence-electron chi connectivity index (χ2n) is 6.68. The first-order chi connectivity index (χ1) is 12.5. The fraction of sp³-hybridized carbons (Fsp3) is 0.444. The Morgan fingerprint density at radius 1 is 1.31 bits per heavy atom. The van der Waals surface area contributed by atoms with E-state index in [-0.39, 0.29) is 11.7 Å². The van der Waals surface area contributed by atoms with Gasteiger partial charge in [0.05, 0.1) is 0 Å². The first-order valence-electron chi connectivity index (χ1n) is 8.65. The molecule has 138 valence electrons. The molecule has 3 heterocycles. The second-order valence-corrected chi connectivity index (χ2v) is 6.68. The maximum absolute atomic E-state index is 12.6. The van der Waals surface area contributed by atoms with Gasteiger partial charge in [-0.1, -0.05) is 6.07 Å². The van der Waals surface area contributed by atoms with Crippen LogP contribution in [-0.4, -0.2) is 44.1 Å². The van der Waals surface area contributed by atoms with Crippen LogP contribution in [0, 0.1) is 0 Å². The summed E-state index contributed by atoms with van der Waals surface area (Å²) in [5.74, 6) is -0.393. The largest absolute Gasteiger partial charge is 0.347 e. The smallest absolute Gasteiger partial charge is 0.331 e. The number of amides is 1. The maximum atomic E-state index is 12.6. The van der Waals surface area contributed by atoms with Crippen molar-refractivity contribution in [1.29, 1.82) is 0 Å². The van der Waals surface area contributed by atoms with Gasteiger partial charge in [0.25, 0.3) is 11.5 Å². The average molecular weight is 357 g/mol. The van der Waals surface area contributed by atoms with Gasteiger partial charge in [-0.2, -0.15) is 0 Å². The molecule has 1 aliphatic heterocycles. The minimum absolute atomic E-state index is 0.0212. The Bertz CT molecular complexity index is 903. The quantitative estimate of drug-likeness (QED) is 0.824. The van der Waals surface area contributed by atoms with Crippen molar-refractivity contribution in [3.8, 4) is 0 Å². The number of hydrogen-bond donors (Lipinski definition) is 1. The van der Waals surface area contributed by atoms with Crippen LogP contribution in [0.1, 0.15) is 28.9 Å². The van der Waals surface area contributed by atoms with Crippen LogP contribution >= 0.6 is 0 Å². The number of aromatic nitrogens is 3. The van der Waals surface area contributed by atoms with Crippen LogP contribution in [0.3, 0.4) is 0 Å². The molecule has 1 N–H and O–H groups in total. The topological polar surface area (TPSA) is 89.2 Å². The van der Waals surface area contributed by atoms with E-state index in [0.29, 0.717) is 0 Å². The van der Waals surface area contributed by atoms with Crippen LogP contribution in [0.2, 0.25) is 0 Å². The molecule has 26 heavy (non-hydrogen) atoms. The van der Waals surface area contributed by atoms with Gasteiger partial charge in [0.2, 0.25) is 0 Å². The summed E-state index contributed by atoms with van der Waals surface area (Å²) in [5, 5.41) is 2.96. The molecule has 1 fully saturated rings. The van der Waals surface area contributed by atoms with Crippen LogP contribution < -0.4 is 16.6 Å². The molecule has 0 aliphatic carbocycles. The first-order valence-corrected chi connectivity index (χ1v) is 8.65. The lowest BCUT2D eigenvalue weighted by Crippen LogP contribution is -2.49. The Hall–Kier alpha value is -2.74. The molecular formula is C18H23N5O3. The molecule has 1 aliphatic rings. The molecular weight excluding hydrogens is 334 g/mol. The van der Waals surface area contributed by atoms with Crippen molar-refractivity contribution in [2.24, 2.45) is 14.1 Å². The molecule has 1 saturated heterocycles. The van der Waals surface area contributed by atoms with Gasteiger partial charge in [-0.25, -0.2) is 4.79 Å². The van der Waals surface area contributed by atoms with E-state index < -0.39 is 17.2 Å². The molecule has 8 nitrogen and oxygen atoms in total. The van der Waals surface area contributed by atoms with Crippen LogP contribution in [-0.2, 0) is 20.6 Å². The molecule has 8 heteroatoms. The van der Waals surface area contributed by atoms with E-state index in [9.17, 15) is 14.4 Å². The Balaban J connectivity index is 1.68. The third-order valence-electron chi connectivity index (χ3n) is 4.73. The number of nitrogens with one attached hydrogen (secondary N) is 1. The summed E-state index contributed by atoms with van der Waals surface area (Å²) < 4.78 is 2.18. The normalized spacial score (nSPS) is 17.8. The Labute approximate surface area is 151 Å².